The van der Waals surface area contributed by atoms with Crippen molar-refractivity contribution < 1.29 is 4.74 Å². The third-order valence-electron chi connectivity index (χ3n) is 2.01. The van der Waals surface area contributed by atoms with Gasteiger partial charge in [0.2, 0.25) is 0 Å². The third kappa shape index (κ3) is 2.35. The van der Waals surface area contributed by atoms with Gasteiger partial charge in [0.05, 0.1) is 7.11 Å². The fraction of sp³-hybridized carbons (Fsp3) is 0.333. The number of hydrogen-bond donors (Lipinski definition) is 0. The summed E-state index contributed by atoms with van der Waals surface area (Å²) in [6.07, 6.45) is 4.40. The number of benzene rings is 1. The van der Waals surface area contributed by atoms with E-state index >= 15 is 0 Å². The fourth-order valence-corrected chi connectivity index (χ4v) is 1.29. The summed E-state index contributed by atoms with van der Waals surface area (Å²) in [6.45, 7) is 6.13. The lowest BCUT2D eigenvalue weighted by atomic mass is 10.2. The Morgan fingerprint density at radius 3 is 2.85 bits per heavy atom. The van der Waals surface area contributed by atoms with Crippen LogP contribution in [0.2, 0.25) is 0 Å². The van der Waals surface area contributed by atoms with Gasteiger partial charge in [-0.25, -0.2) is 0 Å². The molecule has 13 heavy (non-hydrogen) atoms. The van der Waals surface area contributed by atoms with E-state index in [9.17, 15) is 0 Å². The average Bonchev–Trinajstić information content (AvgIpc) is 2.15. The molecule has 0 amide bonds. The number of rotatable bonds is 3. The van der Waals surface area contributed by atoms with E-state index in [2.05, 4.69) is 19.6 Å². The van der Waals surface area contributed by atoms with Crippen molar-refractivity contribution in [3.05, 3.63) is 28.6 Å². The van der Waals surface area contributed by atoms with Gasteiger partial charge in [-0.2, -0.15) is 0 Å². The summed E-state index contributed by atoms with van der Waals surface area (Å²) in [7, 11) is 1.69. The number of unbranched alkanes of at least 4 members (excludes halogenated alkanes) is 1. The summed E-state index contributed by atoms with van der Waals surface area (Å²) in [4.78, 5) is 0. The second-order valence-electron chi connectivity index (χ2n) is 3.03. The molecule has 1 heteroatoms. The highest BCUT2D eigenvalue weighted by Gasteiger charge is 1.92. The van der Waals surface area contributed by atoms with Crippen LogP contribution in [-0.2, 0) is 0 Å². The van der Waals surface area contributed by atoms with Crippen LogP contribution in [0.3, 0.4) is 0 Å². The van der Waals surface area contributed by atoms with E-state index in [4.69, 9.17) is 4.74 Å². The van der Waals surface area contributed by atoms with Crippen LogP contribution >= 0.6 is 0 Å². The van der Waals surface area contributed by atoms with Gasteiger partial charge in [-0.05, 0) is 17.7 Å². The number of methoxy groups -OCH3 is 1. The molecule has 1 nitrogen and oxygen atoms in total. The molecule has 0 fully saturated rings. The van der Waals surface area contributed by atoms with Crippen LogP contribution in [0.25, 0.3) is 12.7 Å². The largest absolute Gasteiger partial charge is 0.496 e. The second kappa shape index (κ2) is 4.70. The first-order valence-electron chi connectivity index (χ1n) is 4.61. The molecule has 0 N–H and O–H groups in total. The Kier molecular flexibility index (Phi) is 3.56. The van der Waals surface area contributed by atoms with Gasteiger partial charge < -0.3 is 4.74 Å². The van der Waals surface area contributed by atoms with Crippen LogP contribution in [0.5, 0.6) is 5.75 Å². The molecular formula is C12H16O. The van der Waals surface area contributed by atoms with Crippen LogP contribution in [-0.4, -0.2) is 7.11 Å². The quantitative estimate of drug-likeness (QED) is 0.681. The zero-order valence-electron chi connectivity index (χ0n) is 8.34. The van der Waals surface area contributed by atoms with Crippen LogP contribution in [0.1, 0.15) is 19.8 Å². The zero-order chi connectivity index (χ0) is 9.68. The minimum absolute atomic E-state index is 0.918. The van der Waals surface area contributed by atoms with E-state index in [1.165, 1.54) is 0 Å². The molecule has 0 aliphatic rings. The van der Waals surface area contributed by atoms with E-state index in [-0.39, 0.29) is 0 Å². The first kappa shape index (κ1) is 9.85. The summed E-state index contributed by atoms with van der Waals surface area (Å²) in [6, 6.07) is 5.94. The molecule has 0 radical (unpaired) electrons. The Bertz CT molecular complexity index is 365. The molecule has 0 heterocycles. The zero-order valence-corrected chi connectivity index (χ0v) is 8.34. The van der Waals surface area contributed by atoms with Crippen molar-refractivity contribution in [2.45, 2.75) is 19.8 Å². The minimum atomic E-state index is 0.918. The Hall–Kier alpha value is -1.24. The summed E-state index contributed by atoms with van der Waals surface area (Å²) in [5, 5.41) is 2.17. The molecule has 0 atom stereocenters. The molecule has 0 aromatic heterocycles. The molecule has 0 unspecified atom stereocenters. The normalized spacial score (nSPS) is 11.7. The molecule has 1 aromatic carbocycles. The van der Waals surface area contributed by atoms with Crippen molar-refractivity contribution >= 4 is 12.7 Å². The van der Waals surface area contributed by atoms with Gasteiger partial charge in [0.15, 0.2) is 0 Å². The molecule has 0 spiro atoms. The molecule has 70 valence electrons. The van der Waals surface area contributed by atoms with E-state index in [0.717, 1.165) is 29.0 Å². The van der Waals surface area contributed by atoms with E-state index in [0.29, 0.717) is 0 Å². The molecule has 0 aliphatic carbocycles. The maximum atomic E-state index is 5.25. The van der Waals surface area contributed by atoms with Crippen molar-refractivity contribution in [3.8, 4) is 5.75 Å². The molecule has 1 rings (SSSR count). The van der Waals surface area contributed by atoms with Crippen molar-refractivity contribution in [2.24, 2.45) is 0 Å². The number of ether oxygens (including phenoxy) is 1. The Labute approximate surface area is 79.4 Å². The Balaban J connectivity index is 3.23. The predicted octanol–water partition coefficient (Wildman–Crippen LogP) is 1.69. The van der Waals surface area contributed by atoms with E-state index < -0.39 is 0 Å². The monoisotopic (exact) mass is 176 g/mol. The standard InChI is InChI=1S/C12H16O/c1-4-5-8-11-10(2)7-6-9-12(11)13-3/h6-9H,2,4-5H2,1,3H3/b11-8+. The molecule has 0 bridgehead atoms. The smallest absolute Gasteiger partial charge is 0.126 e. The van der Waals surface area contributed by atoms with Crippen molar-refractivity contribution in [1.29, 1.82) is 0 Å². The van der Waals surface area contributed by atoms with Crippen LogP contribution in [0.4, 0.5) is 0 Å². The van der Waals surface area contributed by atoms with Gasteiger partial charge in [0, 0.05) is 5.22 Å². The van der Waals surface area contributed by atoms with Crippen LogP contribution < -0.4 is 15.2 Å². The van der Waals surface area contributed by atoms with E-state index in [1.54, 1.807) is 7.11 Å². The third-order valence-corrected chi connectivity index (χ3v) is 2.01. The van der Waals surface area contributed by atoms with Gasteiger partial charge >= 0.3 is 0 Å². The lowest BCUT2D eigenvalue weighted by Crippen LogP contribution is -2.24. The summed E-state index contributed by atoms with van der Waals surface area (Å²) in [5.74, 6) is 0.918. The topological polar surface area (TPSA) is 9.23 Å². The highest BCUT2D eigenvalue weighted by molar-refractivity contribution is 5.36. The molecule has 0 saturated carbocycles. The summed E-state index contributed by atoms with van der Waals surface area (Å²) >= 11 is 0. The SMILES string of the molecule is C=c1cccc(OC)/c1=C/CCC. The first-order valence-corrected chi connectivity index (χ1v) is 4.61. The maximum Gasteiger partial charge on any atom is 0.126 e. The maximum absolute atomic E-state index is 5.25. The molecular weight excluding hydrogens is 160 g/mol. The van der Waals surface area contributed by atoms with Crippen molar-refractivity contribution in [3.63, 3.8) is 0 Å². The van der Waals surface area contributed by atoms with Gasteiger partial charge in [-0.1, -0.05) is 38.1 Å². The van der Waals surface area contributed by atoms with Crippen molar-refractivity contribution in [1.82, 2.24) is 0 Å². The highest BCUT2D eigenvalue weighted by Crippen LogP contribution is 1.98. The second-order valence-corrected chi connectivity index (χ2v) is 3.03. The molecule has 0 saturated heterocycles. The van der Waals surface area contributed by atoms with Gasteiger partial charge in [-0.15, -0.1) is 0 Å². The fourth-order valence-electron chi connectivity index (χ4n) is 1.29. The predicted molar refractivity (Wildman–Crippen MR) is 57.1 cm³/mol. The van der Waals surface area contributed by atoms with Crippen LogP contribution in [0, 0.1) is 0 Å². The lowest BCUT2D eigenvalue weighted by molar-refractivity contribution is 0.411. The highest BCUT2D eigenvalue weighted by atomic mass is 16.5. The van der Waals surface area contributed by atoms with Gasteiger partial charge in [0.1, 0.15) is 5.75 Å². The average molecular weight is 176 g/mol. The molecule has 1 aromatic rings. The summed E-state index contributed by atoms with van der Waals surface area (Å²) < 4.78 is 5.25. The van der Waals surface area contributed by atoms with E-state index in [1.807, 2.05) is 18.2 Å². The van der Waals surface area contributed by atoms with Crippen LogP contribution in [0.15, 0.2) is 18.2 Å². The lowest BCUT2D eigenvalue weighted by Gasteiger charge is -2.00. The minimum Gasteiger partial charge on any atom is -0.496 e. The first-order chi connectivity index (χ1) is 6.29. The number of hydrogen-bond acceptors (Lipinski definition) is 1. The van der Waals surface area contributed by atoms with Gasteiger partial charge in [0.25, 0.3) is 0 Å². The Morgan fingerprint density at radius 1 is 1.46 bits per heavy atom. The Morgan fingerprint density at radius 2 is 2.23 bits per heavy atom. The molecule has 0 aliphatic heterocycles. The van der Waals surface area contributed by atoms with Crippen molar-refractivity contribution in [2.75, 3.05) is 7.11 Å². The van der Waals surface area contributed by atoms with Gasteiger partial charge in [-0.3, -0.25) is 0 Å². The summed E-state index contributed by atoms with van der Waals surface area (Å²) in [5.41, 5.74) is 0.